The van der Waals surface area contributed by atoms with Crippen LogP contribution in [0.5, 0.6) is 0 Å². The van der Waals surface area contributed by atoms with E-state index in [4.69, 9.17) is 21.1 Å². The number of halogens is 1. The van der Waals surface area contributed by atoms with E-state index in [1.54, 1.807) is 0 Å². The fourth-order valence-corrected chi connectivity index (χ4v) is 1.64. The minimum absolute atomic E-state index is 0.340. The summed E-state index contributed by atoms with van der Waals surface area (Å²) >= 11 is 5.83. The Kier molecular flexibility index (Phi) is 3.84. The predicted octanol–water partition coefficient (Wildman–Crippen LogP) is 1.91. The standard InChI is InChI=1S/C10H18ClNO3/c1-9(2,3)15-8(13)12-10(6-11)4-5-14-7-10/h4-7H2,1-3H3,(H,12,13). The number of alkyl carbamates (subject to hydrolysis) is 1. The van der Waals surface area contributed by atoms with Crippen LogP contribution in [-0.2, 0) is 9.47 Å². The SMILES string of the molecule is CC(C)(C)OC(=O)NC1(CCl)CCOC1. The van der Waals surface area contributed by atoms with Gasteiger partial charge in [-0.05, 0) is 27.2 Å². The molecular formula is C10H18ClNO3. The molecule has 15 heavy (non-hydrogen) atoms. The molecule has 0 aromatic carbocycles. The number of carbonyl (C=O) groups excluding carboxylic acids is 1. The summed E-state index contributed by atoms with van der Waals surface area (Å²) in [5.41, 5.74) is -0.944. The molecule has 1 heterocycles. The van der Waals surface area contributed by atoms with Crippen LogP contribution in [0.25, 0.3) is 0 Å². The van der Waals surface area contributed by atoms with Gasteiger partial charge in [-0.25, -0.2) is 4.79 Å². The molecule has 0 saturated carbocycles. The van der Waals surface area contributed by atoms with Crippen LogP contribution in [0.3, 0.4) is 0 Å². The summed E-state index contributed by atoms with van der Waals surface area (Å²) in [5.74, 6) is 0.340. The molecule has 1 rings (SSSR count). The van der Waals surface area contributed by atoms with E-state index < -0.39 is 17.2 Å². The molecule has 1 aliphatic rings. The van der Waals surface area contributed by atoms with Gasteiger partial charge in [0.1, 0.15) is 5.60 Å². The van der Waals surface area contributed by atoms with E-state index in [9.17, 15) is 4.79 Å². The smallest absolute Gasteiger partial charge is 0.408 e. The molecule has 0 spiro atoms. The number of nitrogens with one attached hydrogen (secondary N) is 1. The van der Waals surface area contributed by atoms with Gasteiger partial charge in [0.15, 0.2) is 0 Å². The Morgan fingerprint density at radius 1 is 1.60 bits per heavy atom. The average molecular weight is 236 g/mol. The first-order chi connectivity index (χ1) is 6.87. The fraction of sp³-hybridized carbons (Fsp3) is 0.900. The topological polar surface area (TPSA) is 47.6 Å². The van der Waals surface area contributed by atoms with Gasteiger partial charge in [0.2, 0.25) is 0 Å². The van der Waals surface area contributed by atoms with Gasteiger partial charge in [-0.3, -0.25) is 0 Å². The van der Waals surface area contributed by atoms with E-state index in [1.165, 1.54) is 0 Å². The first-order valence-electron chi connectivity index (χ1n) is 5.02. The molecule has 1 atom stereocenters. The minimum atomic E-state index is -0.489. The summed E-state index contributed by atoms with van der Waals surface area (Å²) in [6.07, 6.45) is 0.295. The fourth-order valence-electron chi connectivity index (χ4n) is 1.36. The summed E-state index contributed by atoms with van der Waals surface area (Å²) < 4.78 is 10.4. The van der Waals surface area contributed by atoms with Crippen molar-refractivity contribution < 1.29 is 14.3 Å². The van der Waals surface area contributed by atoms with Gasteiger partial charge in [0.05, 0.1) is 12.1 Å². The molecule has 0 aliphatic carbocycles. The van der Waals surface area contributed by atoms with Crippen molar-refractivity contribution in [2.45, 2.75) is 38.3 Å². The van der Waals surface area contributed by atoms with Gasteiger partial charge >= 0.3 is 6.09 Å². The number of ether oxygens (including phenoxy) is 2. The van der Waals surface area contributed by atoms with E-state index in [2.05, 4.69) is 5.32 Å². The number of hydrogen-bond donors (Lipinski definition) is 1. The predicted molar refractivity (Wildman–Crippen MR) is 58.3 cm³/mol. The van der Waals surface area contributed by atoms with Crippen LogP contribution in [0.2, 0.25) is 0 Å². The van der Waals surface area contributed by atoms with E-state index in [0.29, 0.717) is 19.1 Å². The molecule has 4 nitrogen and oxygen atoms in total. The molecule has 1 aliphatic heterocycles. The third-order valence-electron chi connectivity index (χ3n) is 2.13. The van der Waals surface area contributed by atoms with Gasteiger partial charge in [0.25, 0.3) is 0 Å². The first-order valence-corrected chi connectivity index (χ1v) is 5.55. The lowest BCUT2D eigenvalue weighted by Crippen LogP contribution is -2.52. The maximum absolute atomic E-state index is 11.5. The third-order valence-corrected chi connectivity index (χ3v) is 2.64. The minimum Gasteiger partial charge on any atom is -0.444 e. The highest BCUT2D eigenvalue weighted by molar-refractivity contribution is 6.18. The van der Waals surface area contributed by atoms with E-state index >= 15 is 0 Å². The monoisotopic (exact) mass is 235 g/mol. The quantitative estimate of drug-likeness (QED) is 0.744. The molecule has 1 saturated heterocycles. The molecule has 1 fully saturated rings. The maximum Gasteiger partial charge on any atom is 0.408 e. The normalized spacial score (nSPS) is 26.4. The molecule has 88 valence electrons. The van der Waals surface area contributed by atoms with E-state index in [-0.39, 0.29) is 0 Å². The highest BCUT2D eigenvalue weighted by atomic mass is 35.5. The van der Waals surface area contributed by atoms with Crippen LogP contribution in [0.1, 0.15) is 27.2 Å². The van der Waals surface area contributed by atoms with Gasteiger partial charge in [-0.2, -0.15) is 0 Å². The third kappa shape index (κ3) is 3.87. The average Bonchev–Trinajstić information content (AvgIpc) is 2.50. The van der Waals surface area contributed by atoms with Gasteiger partial charge < -0.3 is 14.8 Å². The highest BCUT2D eigenvalue weighted by Crippen LogP contribution is 2.21. The molecule has 0 aromatic rings. The molecular weight excluding hydrogens is 218 g/mol. The van der Waals surface area contributed by atoms with Crippen molar-refractivity contribution in [2.24, 2.45) is 0 Å². The van der Waals surface area contributed by atoms with Crippen LogP contribution in [0.15, 0.2) is 0 Å². The molecule has 1 N–H and O–H groups in total. The van der Waals surface area contributed by atoms with Crippen molar-refractivity contribution in [3.63, 3.8) is 0 Å². The molecule has 5 heteroatoms. The van der Waals surface area contributed by atoms with Crippen LogP contribution in [-0.4, -0.2) is 36.3 Å². The first kappa shape index (κ1) is 12.6. The molecule has 1 amide bonds. The lowest BCUT2D eigenvalue weighted by molar-refractivity contribution is 0.0454. The van der Waals surface area contributed by atoms with Crippen molar-refractivity contribution in [1.29, 1.82) is 0 Å². The Morgan fingerprint density at radius 2 is 2.27 bits per heavy atom. The molecule has 0 radical (unpaired) electrons. The lowest BCUT2D eigenvalue weighted by atomic mass is 10.0. The van der Waals surface area contributed by atoms with Crippen LogP contribution < -0.4 is 5.32 Å². The largest absolute Gasteiger partial charge is 0.444 e. The van der Waals surface area contributed by atoms with E-state index in [1.807, 2.05) is 20.8 Å². The number of hydrogen-bond acceptors (Lipinski definition) is 3. The van der Waals surface area contributed by atoms with Crippen molar-refractivity contribution in [2.75, 3.05) is 19.1 Å². The summed E-state index contributed by atoms with van der Waals surface area (Å²) in [6.45, 7) is 6.56. The second-order valence-corrected chi connectivity index (χ2v) is 5.11. The van der Waals surface area contributed by atoms with Gasteiger partial charge in [0, 0.05) is 12.5 Å². The van der Waals surface area contributed by atoms with Crippen LogP contribution in [0.4, 0.5) is 4.79 Å². The lowest BCUT2D eigenvalue weighted by Gasteiger charge is -2.28. The summed E-state index contributed by atoms with van der Waals surface area (Å²) in [5, 5.41) is 2.78. The Labute approximate surface area is 95.3 Å². The highest BCUT2D eigenvalue weighted by Gasteiger charge is 2.36. The number of amides is 1. The van der Waals surface area contributed by atoms with Crippen molar-refractivity contribution in [3.8, 4) is 0 Å². The molecule has 0 aromatic heterocycles. The van der Waals surface area contributed by atoms with Gasteiger partial charge in [-0.1, -0.05) is 0 Å². The maximum atomic E-state index is 11.5. The van der Waals surface area contributed by atoms with Crippen molar-refractivity contribution >= 4 is 17.7 Å². The Hall–Kier alpha value is -0.480. The molecule has 0 bridgehead atoms. The zero-order valence-electron chi connectivity index (χ0n) is 9.43. The summed E-state index contributed by atoms with van der Waals surface area (Å²) in [4.78, 5) is 11.5. The zero-order chi connectivity index (χ0) is 11.5. The van der Waals surface area contributed by atoms with Gasteiger partial charge in [-0.15, -0.1) is 11.6 Å². The van der Waals surface area contributed by atoms with Crippen molar-refractivity contribution in [1.82, 2.24) is 5.32 Å². The Bertz CT molecular complexity index is 231. The van der Waals surface area contributed by atoms with E-state index in [0.717, 1.165) is 6.42 Å². The van der Waals surface area contributed by atoms with Crippen LogP contribution in [0, 0.1) is 0 Å². The number of carbonyl (C=O) groups is 1. The second kappa shape index (κ2) is 4.58. The second-order valence-electron chi connectivity index (χ2n) is 4.84. The number of alkyl halides is 1. The summed E-state index contributed by atoms with van der Waals surface area (Å²) in [7, 11) is 0. The molecule has 1 unspecified atom stereocenters. The van der Waals surface area contributed by atoms with Crippen LogP contribution >= 0.6 is 11.6 Å². The zero-order valence-corrected chi connectivity index (χ0v) is 10.2. The van der Waals surface area contributed by atoms with Crippen molar-refractivity contribution in [3.05, 3.63) is 0 Å². The number of rotatable bonds is 2. The Balaban J connectivity index is 2.49. The summed E-state index contributed by atoms with van der Waals surface area (Å²) in [6, 6.07) is 0. The Morgan fingerprint density at radius 3 is 2.67 bits per heavy atom.